The second-order valence-electron chi connectivity index (χ2n) is 5.48. The Morgan fingerprint density at radius 1 is 1.38 bits per heavy atom. The van der Waals surface area contributed by atoms with E-state index in [1.54, 1.807) is 6.07 Å². The molecule has 2 aromatic rings. The number of carbonyl (C=O) groups excluding carboxylic acids is 1. The summed E-state index contributed by atoms with van der Waals surface area (Å²) in [7, 11) is 0. The number of nitriles is 1. The third kappa shape index (κ3) is 3.35. The van der Waals surface area contributed by atoms with Crippen LogP contribution in [0.15, 0.2) is 24.3 Å². The Kier molecular flexibility index (Phi) is 4.98. The van der Waals surface area contributed by atoms with Crippen LogP contribution in [0, 0.1) is 17.1 Å². The molecule has 0 unspecified atom stereocenters. The van der Waals surface area contributed by atoms with Crippen LogP contribution in [0.1, 0.15) is 34.4 Å². The van der Waals surface area contributed by atoms with Gasteiger partial charge in [-0.05, 0) is 49.5 Å². The van der Waals surface area contributed by atoms with Crippen molar-refractivity contribution in [3.63, 3.8) is 0 Å². The largest absolute Gasteiger partial charge is 0.313 e. The molecule has 6 heteroatoms. The van der Waals surface area contributed by atoms with E-state index in [4.69, 9.17) is 11.6 Å². The Hall–Kier alpha value is -2.16. The summed E-state index contributed by atoms with van der Waals surface area (Å²) in [6.45, 7) is 0. The van der Waals surface area contributed by atoms with Crippen LogP contribution < -0.4 is 5.32 Å². The first-order valence-corrected chi connectivity index (χ1v) is 8.77. The van der Waals surface area contributed by atoms with Gasteiger partial charge in [0, 0.05) is 16.5 Å². The fourth-order valence-electron chi connectivity index (χ4n) is 2.75. The van der Waals surface area contributed by atoms with Crippen LogP contribution in [0.25, 0.3) is 6.08 Å². The van der Waals surface area contributed by atoms with E-state index in [0.717, 1.165) is 31.2 Å². The highest BCUT2D eigenvalue weighted by Gasteiger charge is 2.21. The van der Waals surface area contributed by atoms with Crippen LogP contribution in [0.5, 0.6) is 0 Å². The molecule has 1 heterocycles. The summed E-state index contributed by atoms with van der Waals surface area (Å²) < 4.78 is 13.7. The van der Waals surface area contributed by atoms with E-state index in [9.17, 15) is 14.4 Å². The number of aryl methyl sites for hydroxylation is 1. The molecule has 0 fully saturated rings. The van der Waals surface area contributed by atoms with Gasteiger partial charge in [0.2, 0.25) is 5.91 Å². The maximum absolute atomic E-state index is 13.7. The summed E-state index contributed by atoms with van der Waals surface area (Å²) in [5.41, 5.74) is 1.78. The molecule has 122 valence electrons. The Labute approximate surface area is 148 Å². The predicted molar refractivity (Wildman–Crippen MR) is 94.7 cm³/mol. The zero-order valence-electron chi connectivity index (χ0n) is 12.7. The molecule has 24 heavy (non-hydrogen) atoms. The highest BCUT2D eigenvalue weighted by atomic mass is 35.5. The van der Waals surface area contributed by atoms with Crippen molar-refractivity contribution in [1.82, 2.24) is 0 Å². The van der Waals surface area contributed by atoms with Crippen molar-refractivity contribution in [2.45, 2.75) is 25.7 Å². The van der Waals surface area contributed by atoms with Crippen molar-refractivity contribution in [3.8, 4) is 6.07 Å². The maximum atomic E-state index is 13.7. The van der Waals surface area contributed by atoms with Gasteiger partial charge in [0.1, 0.15) is 16.9 Å². The average Bonchev–Trinajstić information content (AvgIpc) is 2.91. The van der Waals surface area contributed by atoms with Gasteiger partial charge in [-0.1, -0.05) is 17.7 Å². The van der Waals surface area contributed by atoms with Gasteiger partial charge in [0.15, 0.2) is 0 Å². The molecule has 0 bridgehead atoms. The molecule has 3 nitrogen and oxygen atoms in total. The Morgan fingerprint density at radius 2 is 2.17 bits per heavy atom. The van der Waals surface area contributed by atoms with Crippen LogP contribution in [0.4, 0.5) is 9.39 Å². The molecular formula is C18H14ClFN2OS. The number of hydrogen-bond donors (Lipinski definition) is 1. The van der Waals surface area contributed by atoms with Gasteiger partial charge < -0.3 is 5.32 Å². The molecule has 0 radical (unpaired) electrons. The van der Waals surface area contributed by atoms with Crippen LogP contribution in [-0.4, -0.2) is 5.91 Å². The molecule has 0 spiro atoms. The number of nitrogens with one attached hydrogen (secondary N) is 1. The second-order valence-corrected chi connectivity index (χ2v) is 7.00. The van der Waals surface area contributed by atoms with E-state index in [1.807, 2.05) is 0 Å². The summed E-state index contributed by atoms with van der Waals surface area (Å²) in [6, 6.07) is 6.54. The van der Waals surface area contributed by atoms with Crippen molar-refractivity contribution in [2.24, 2.45) is 0 Å². The number of carbonyl (C=O) groups is 1. The van der Waals surface area contributed by atoms with E-state index in [1.165, 1.54) is 40.5 Å². The SMILES string of the molecule is N#Cc1c(NC(=O)/C=C/c2c(F)cccc2Cl)sc2c1CCCC2. The monoisotopic (exact) mass is 360 g/mol. The quantitative estimate of drug-likeness (QED) is 0.788. The van der Waals surface area contributed by atoms with E-state index in [2.05, 4.69) is 11.4 Å². The molecule has 0 atom stereocenters. The van der Waals surface area contributed by atoms with Gasteiger partial charge in [-0.2, -0.15) is 5.26 Å². The summed E-state index contributed by atoms with van der Waals surface area (Å²) in [4.78, 5) is 13.3. The van der Waals surface area contributed by atoms with Gasteiger partial charge in [-0.3, -0.25) is 4.79 Å². The highest BCUT2D eigenvalue weighted by Crippen LogP contribution is 2.37. The molecule has 1 aliphatic rings. The number of rotatable bonds is 3. The van der Waals surface area contributed by atoms with Gasteiger partial charge in [-0.15, -0.1) is 11.3 Å². The fraction of sp³-hybridized carbons (Fsp3) is 0.222. The first-order valence-electron chi connectivity index (χ1n) is 7.58. The molecule has 1 amide bonds. The lowest BCUT2D eigenvalue weighted by molar-refractivity contribution is -0.111. The summed E-state index contributed by atoms with van der Waals surface area (Å²) in [6.07, 6.45) is 6.57. The van der Waals surface area contributed by atoms with Crippen molar-refractivity contribution >= 4 is 39.9 Å². The molecule has 0 aliphatic heterocycles. The summed E-state index contributed by atoms with van der Waals surface area (Å²) in [5, 5.41) is 12.9. The molecule has 1 N–H and O–H groups in total. The Morgan fingerprint density at radius 3 is 2.92 bits per heavy atom. The Bertz CT molecular complexity index is 846. The van der Waals surface area contributed by atoms with Crippen molar-refractivity contribution in [2.75, 3.05) is 5.32 Å². The smallest absolute Gasteiger partial charge is 0.249 e. The highest BCUT2D eigenvalue weighted by molar-refractivity contribution is 7.16. The number of hydrogen-bond acceptors (Lipinski definition) is 3. The molecule has 3 rings (SSSR count). The van der Waals surface area contributed by atoms with Gasteiger partial charge in [0.25, 0.3) is 0 Å². The minimum Gasteiger partial charge on any atom is -0.313 e. The van der Waals surface area contributed by atoms with Crippen LogP contribution in [0.2, 0.25) is 5.02 Å². The molecular weight excluding hydrogens is 347 g/mol. The Balaban J connectivity index is 1.80. The number of halogens is 2. The number of nitrogens with zero attached hydrogens (tertiary/aromatic N) is 1. The van der Waals surface area contributed by atoms with E-state index in [0.29, 0.717) is 10.6 Å². The summed E-state index contributed by atoms with van der Waals surface area (Å²) in [5.74, 6) is -0.903. The van der Waals surface area contributed by atoms with Gasteiger partial charge in [0.05, 0.1) is 10.6 Å². The third-order valence-electron chi connectivity index (χ3n) is 3.92. The van der Waals surface area contributed by atoms with E-state index >= 15 is 0 Å². The van der Waals surface area contributed by atoms with Crippen molar-refractivity contribution in [3.05, 3.63) is 56.7 Å². The topological polar surface area (TPSA) is 52.9 Å². The van der Waals surface area contributed by atoms with Gasteiger partial charge >= 0.3 is 0 Å². The lowest BCUT2D eigenvalue weighted by Gasteiger charge is -2.09. The van der Waals surface area contributed by atoms with Crippen LogP contribution in [-0.2, 0) is 17.6 Å². The number of benzene rings is 1. The van der Waals surface area contributed by atoms with Crippen molar-refractivity contribution < 1.29 is 9.18 Å². The lowest BCUT2D eigenvalue weighted by Crippen LogP contribution is -2.08. The van der Waals surface area contributed by atoms with E-state index in [-0.39, 0.29) is 10.6 Å². The molecule has 1 aromatic carbocycles. The molecule has 1 aliphatic carbocycles. The number of thiophene rings is 1. The normalized spacial score (nSPS) is 13.5. The second kappa shape index (κ2) is 7.16. The summed E-state index contributed by atoms with van der Waals surface area (Å²) >= 11 is 7.38. The zero-order chi connectivity index (χ0) is 17.1. The minimum absolute atomic E-state index is 0.167. The minimum atomic E-state index is -0.490. The predicted octanol–water partition coefficient (Wildman–Crippen LogP) is 4.94. The average molecular weight is 361 g/mol. The molecule has 0 saturated carbocycles. The zero-order valence-corrected chi connectivity index (χ0v) is 14.3. The lowest BCUT2D eigenvalue weighted by atomic mass is 9.96. The van der Waals surface area contributed by atoms with Crippen molar-refractivity contribution in [1.29, 1.82) is 5.26 Å². The third-order valence-corrected chi connectivity index (χ3v) is 5.46. The fourth-order valence-corrected chi connectivity index (χ4v) is 4.22. The first kappa shape index (κ1) is 16.7. The number of anilines is 1. The van der Waals surface area contributed by atoms with E-state index < -0.39 is 11.7 Å². The van der Waals surface area contributed by atoms with Gasteiger partial charge in [-0.25, -0.2) is 4.39 Å². The molecule has 1 aromatic heterocycles. The maximum Gasteiger partial charge on any atom is 0.249 e. The molecule has 0 saturated heterocycles. The standard InChI is InChI=1S/C18H14ClFN2OS/c19-14-5-3-6-15(20)12(14)8-9-17(23)22-18-13(10-21)11-4-1-2-7-16(11)24-18/h3,5-6,8-9H,1-2,4,7H2,(H,22,23)/b9-8+. The van der Waals surface area contributed by atoms with Crippen LogP contribution in [0.3, 0.4) is 0 Å². The number of fused-ring (bicyclic) bond motifs is 1. The van der Waals surface area contributed by atoms with Crippen LogP contribution >= 0.6 is 22.9 Å². The number of amides is 1. The first-order chi connectivity index (χ1) is 11.6.